The molecule has 198 valence electrons. The largest absolute Gasteiger partial charge is 0.469 e. The molecule has 4 aliphatic rings. The molecule has 0 aromatic carbocycles. The molecular weight excluding hydrogens is 444 g/mol. The molecule has 35 heavy (non-hydrogen) atoms. The molecule has 0 saturated heterocycles. The number of methoxy groups -OCH3 is 1. The summed E-state index contributed by atoms with van der Waals surface area (Å²) in [6.45, 7) is 10.2. The molecule has 4 saturated carbocycles. The van der Waals surface area contributed by atoms with E-state index in [9.17, 15) is 14.4 Å². The fourth-order valence-electron chi connectivity index (χ4n) is 9.48. The molecule has 0 heterocycles. The van der Waals surface area contributed by atoms with Crippen LogP contribution < -0.4 is 0 Å². The molecule has 0 radical (unpaired) electrons. The first-order valence-electron chi connectivity index (χ1n) is 13.9. The molecule has 0 aliphatic heterocycles. The molecule has 0 aromatic heterocycles. The van der Waals surface area contributed by atoms with Gasteiger partial charge < -0.3 is 14.2 Å². The number of fused-ring (bicyclic) bond motifs is 5. The zero-order chi connectivity index (χ0) is 25.5. The zero-order valence-electron chi connectivity index (χ0n) is 22.6. The van der Waals surface area contributed by atoms with Crippen LogP contribution in [0.25, 0.3) is 0 Å². The van der Waals surface area contributed by atoms with Crippen molar-refractivity contribution in [1.82, 2.24) is 0 Å². The Morgan fingerprint density at radius 2 is 1.63 bits per heavy atom. The van der Waals surface area contributed by atoms with E-state index < -0.39 is 0 Å². The Bertz CT molecular complexity index is 824. The summed E-state index contributed by atoms with van der Waals surface area (Å²) in [4.78, 5) is 35.7. The van der Waals surface area contributed by atoms with Gasteiger partial charge in [-0.2, -0.15) is 0 Å². The maximum Gasteiger partial charge on any atom is 0.305 e. The Morgan fingerprint density at radius 1 is 0.914 bits per heavy atom. The lowest BCUT2D eigenvalue weighted by Crippen LogP contribution is -2.59. The summed E-state index contributed by atoms with van der Waals surface area (Å²) in [6, 6.07) is 0. The Hall–Kier alpha value is -1.59. The Morgan fingerprint density at radius 3 is 2.29 bits per heavy atom. The highest BCUT2D eigenvalue weighted by molar-refractivity contribution is 5.69. The molecule has 0 bridgehead atoms. The van der Waals surface area contributed by atoms with E-state index in [1.165, 1.54) is 33.3 Å². The molecule has 4 rings (SSSR count). The number of rotatable bonds is 6. The number of carbonyl (C=O) groups excluding carboxylic acids is 3. The van der Waals surface area contributed by atoms with E-state index in [-0.39, 0.29) is 40.9 Å². The fraction of sp³-hybridized carbons (Fsp3) is 0.897. The maximum atomic E-state index is 12.3. The minimum atomic E-state index is -0.183. The number of esters is 3. The number of hydrogen-bond acceptors (Lipinski definition) is 6. The van der Waals surface area contributed by atoms with Gasteiger partial charge in [0.15, 0.2) is 0 Å². The normalized spacial score (nSPS) is 43.2. The highest BCUT2D eigenvalue weighted by Gasteiger charge is 2.65. The minimum absolute atomic E-state index is 0.0479. The summed E-state index contributed by atoms with van der Waals surface area (Å²) in [7, 11) is 1.45. The van der Waals surface area contributed by atoms with Gasteiger partial charge in [0.25, 0.3) is 0 Å². The van der Waals surface area contributed by atoms with Crippen molar-refractivity contribution >= 4 is 17.9 Å². The quantitative estimate of drug-likeness (QED) is 0.351. The van der Waals surface area contributed by atoms with Crippen molar-refractivity contribution in [3.05, 3.63) is 0 Å². The lowest BCUT2D eigenvalue weighted by atomic mass is 9.43. The van der Waals surface area contributed by atoms with Crippen LogP contribution in [0.4, 0.5) is 0 Å². The van der Waals surface area contributed by atoms with Gasteiger partial charge in [-0.15, -0.1) is 0 Å². The van der Waals surface area contributed by atoms with Crippen LogP contribution in [-0.4, -0.2) is 37.2 Å². The summed E-state index contributed by atoms with van der Waals surface area (Å²) in [5.74, 6) is 2.60. The molecular formula is C29H46O6. The van der Waals surface area contributed by atoms with Gasteiger partial charge in [-0.05, 0) is 98.7 Å². The lowest BCUT2D eigenvalue weighted by Gasteiger charge is -2.62. The second kappa shape index (κ2) is 10.0. The van der Waals surface area contributed by atoms with Crippen molar-refractivity contribution in [3.8, 4) is 0 Å². The third kappa shape index (κ3) is 4.75. The summed E-state index contributed by atoms with van der Waals surface area (Å²) in [5.41, 5.74) is 0.147. The van der Waals surface area contributed by atoms with E-state index in [1.807, 2.05) is 0 Å². The molecule has 4 fully saturated rings. The highest BCUT2D eigenvalue weighted by Crippen LogP contribution is 2.69. The van der Waals surface area contributed by atoms with Crippen LogP contribution in [0.3, 0.4) is 0 Å². The smallest absolute Gasteiger partial charge is 0.305 e. The number of hydrogen-bond donors (Lipinski definition) is 0. The molecule has 6 heteroatoms. The van der Waals surface area contributed by atoms with Gasteiger partial charge >= 0.3 is 17.9 Å². The summed E-state index contributed by atoms with van der Waals surface area (Å²) in [5, 5.41) is 0. The van der Waals surface area contributed by atoms with Gasteiger partial charge in [0.05, 0.1) is 7.11 Å². The van der Waals surface area contributed by atoms with Crippen LogP contribution >= 0.6 is 0 Å². The van der Waals surface area contributed by atoms with Crippen LogP contribution in [0.5, 0.6) is 0 Å². The average Bonchev–Trinajstić information content (AvgIpc) is 3.16. The number of carbonyl (C=O) groups is 3. The van der Waals surface area contributed by atoms with E-state index in [1.54, 1.807) is 6.92 Å². The van der Waals surface area contributed by atoms with Crippen LogP contribution in [0.1, 0.15) is 98.8 Å². The summed E-state index contributed by atoms with van der Waals surface area (Å²) in [6.07, 6.45) is 9.87. The van der Waals surface area contributed by atoms with Gasteiger partial charge in [0.1, 0.15) is 12.2 Å². The van der Waals surface area contributed by atoms with Crippen molar-refractivity contribution in [3.63, 3.8) is 0 Å². The standard InChI is InChI=1S/C29H46O6/c1-17(7-12-27(32)33-6)23-10-11-24-22-9-8-20-15-21(34-18(2)30)13-14-28(20,4)25(22)16-26(29(23,24)5)35-19(3)31/h17,20-26H,7-16H2,1-6H3/t17-,20+,21+,22-,23+,24-,25-,26-,28+,29+/m1/s1. The van der Waals surface area contributed by atoms with E-state index in [2.05, 4.69) is 20.8 Å². The van der Waals surface area contributed by atoms with Crippen LogP contribution in [0, 0.1) is 46.3 Å². The van der Waals surface area contributed by atoms with Crippen LogP contribution in [-0.2, 0) is 28.6 Å². The summed E-state index contributed by atoms with van der Waals surface area (Å²) < 4.78 is 16.7. The average molecular weight is 491 g/mol. The first-order chi connectivity index (χ1) is 16.5. The lowest BCUT2D eigenvalue weighted by molar-refractivity contribution is -0.197. The Kier molecular flexibility index (Phi) is 7.60. The van der Waals surface area contributed by atoms with Crippen molar-refractivity contribution in [2.45, 2.75) is 111 Å². The van der Waals surface area contributed by atoms with Crippen LogP contribution in [0.15, 0.2) is 0 Å². The van der Waals surface area contributed by atoms with Gasteiger partial charge in [-0.25, -0.2) is 0 Å². The molecule has 0 spiro atoms. The zero-order valence-corrected chi connectivity index (χ0v) is 22.6. The molecule has 0 amide bonds. The van der Waals surface area contributed by atoms with Gasteiger partial charge in [0, 0.05) is 25.7 Å². The monoisotopic (exact) mass is 490 g/mol. The topological polar surface area (TPSA) is 78.9 Å². The van der Waals surface area contributed by atoms with Gasteiger partial charge in [-0.3, -0.25) is 14.4 Å². The maximum absolute atomic E-state index is 12.3. The predicted molar refractivity (Wildman–Crippen MR) is 132 cm³/mol. The van der Waals surface area contributed by atoms with Crippen LogP contribution in [0.2, 0.25) is 0 Å². The second-order valence-electron chi connectivity index (χ2n) is 12.6. The third-order valence-electron chi connectivity index (χ3n) is 11.1. The first kappa shape index (κ1) is 26.5. The first-order valence-corrected chi connectivity index (χ1v) is 13.9. The molecule has 0 unspecified atom stereocenters. The fourth-order valence-corrected chi connectivity index (χ4v) is 9.48. The molecule has 0 N–H and O–H groups in total. The van der Waals surface area contributed by atoms with Crippen molar-refractivity contribution in [2.24, 2.45) is 46.3 Å². The Labute approximate surface area is 211 Å². The minimum Gasteiger partial charge on any atom is -0.469 e. The highest BCUT2D eigenvalue weighted by atomic mass is 16.5. The van der Waals surface area contributed by atoms with Crippen molar-refractivity contribution in [2.75, 3.05) is 7.11 Å². The summed E-state index contributed by atoms with van der Waals surface area (Å²) >= 11 is 0. The molecule has 10 atom stereocenters. The van der Waals surface area contributed by atoms with E-state index in [0.717, 1.165) is 38.5 Å². The second-order valence-corrected chi connectivity index (χ2v) is 12.6. The van der Waals surface area contributed by atoms with Crippen molar-refractivity contribution in [1.29, 1.82) is 0 Å². The predicted octanol–water partition coefficient (Wildman–Crippen LogP) is 5.71. The molecule has 6 nitrogen and oxygen atoms in total. The molecule has 0 aromatic rings. The van der Waals surface area contributed by atoms with Crippen molar-refractivity contribution < 1.29 is 28.6 Å². The third-order valence-corrected chi connectivity index (χ3v) is 11.1. The number of ether oxygens (including phenoxy) is 3. The van der Waals surface area contributed by atoms with E-state index in [0.29, 0.717) is 41.9 Å². The SMILES string of the molecule is COC(=O)CC[C@@H](C)[C@@H]1CC[C@@H]2[C@H]3CC[C@H]4C[C@@H](OC(C)=O)CC[C@]4(C)[C@@H]3C[C@@H](OC(C)=O)[C@]21C. The van der Waals surface area contributed by atoms with E-state index >= 15 is 0 Å². The Balaban J connectivity index is 1.58. The van der Waals surface area contributed by atoms with E-state index in [4.69, 9.17) is 14.2 Å². The van der Waals surface area contributed by atoms with Gasteiger partial charge in [0.2, 0.25) is 0 Å². The molecule has 4 aliphatic carbocycles. The van der Waals surface area contributed by atoms with Gasteiger partial charge in [-0.1, -0.05) is 20.8 Å².